The third-order valence-corrected chi connectivity index (χ3v) is 3.39. The van der Waals surface area contributed by atoms with E-state index in [1.165, 1.54) is 4.90 Å². The average Bonchev–Trinajstić information content (AvgIpc) is 2.29. The van der Waals surface area contributed by atoms with E-state index in [9.17, 15) is 13.2 Å². The molecule has 0 bridgehead atoms. The quantitative estimate of drug-likeness (QED) is 0.834. The van der Waals surface area contributed by atoms with E-state index in [1.54, 1.807) is 0 Å². The van der Waals surface area contributed by atoms with Crippen LogP contribution in [0, 0.1) is 6.92 Å². The molecule has 0 aliphatic carbocycles. The van der Waals surface area contributed by atoms with Crippen LogP contribution in [0.4, 0.5) is 5.69 Å². The normalized spacial score (nSPS) is 11.3. The van der Waals surface area contributed by atoms with Crippen molar-refractivity contribution in [1.82, 2.24) is 0 Å². The molecule has 0 saturated carbocycles. The van der Waals surface area contributed by atoms with E-state index in [0.717, 1.165) is 11.8 Å². The molecular weight excluding hydrogens is 264 g/mol. The lowest BCUT2D eigenvalue weighted by molar-refractivity contribution is -0.116. The zero-order chi connectivity index (χ0) is 14.5. The fourth-order valence-electron chi connectivity index (χ4n) is 1.67. The van der Waals surface area contributed by atoms with Crippen LogP contribution in [0.5, 0.6) is 0 Å². The summed E-state index contributed by atoms with van der Waals surface area (Å²) in [6, 6.07) is 7.40. The van der Waals surface area contributed by atoms with Gasteiger partial charge >= 0.3 is 0 Å². The Morgan fingerprint density at radius 2 is 1.84 bits per heavy atom. The number of nitrogens with two attached hydrogens (primary N) is 1. The third kappa shape index (κ3) is 5.40. The van der Waals surface area contributed by atoms with Gasteiger partial charge in [-0.2, -0.15) is 0 Å². The number of nitrogens with zero attached hydrogens (tertiary/aromatic N) is 1. The predicted octanol–water partition coefficient (Wildman–Crippen LogP) is 0.721. The Bertz CT molecular complexity index is 523. The highest BCUT2D eigenvalue weighted by Crippen LogP contribution is 2.16. The molecule has 0 spiro atoms. The molecule has 0 unspecified atom stereocenters. The van der Waals surface area contributed by atoms with Crippen molar-refractivity contribution in [3.8, 4) is 0 Å². The second kappa shape index (κ2) is 6.68. The minimum Gasteiger partial charge on any atom is -0.330 e. The lowest BCUT2D eigenvalue weighted by Crippen LogP contribution is -2.37. The van der Waals surface area contributed by atoms with Gasteiger partial charge in [0.25, 0.3) is 0 Å². The Kier molecular flexibility index (Phi) is 5.50. The van der Waals surface area contributed by atoms with Gasteiger partial charge in [-0.25, -0.2) is 8.42 Å². The van der Waals surface area contributed by atoms with Crippen LogP contribution in [0.25, 0.3) is 0 Å². The van der Waals surface area contributed by atoms with Crippen molar-refractivity contribution < 1.29 is 13.2 Å². The standard InChI is InChI=1S/C13H20N2O3S/c1-11-4-6-12(7-5-11)15(9-3-8-14)13(16)10-19(2,17)18/h4-7H,3,8-10,14H2,1-2H3. The summed E-state index contributed by atoms with van der Waals surface area (Å²) in [5, 5.41) is 0. The van der Waals surface area contributed by atoms with Gasteiger partial charge in [-0.15, -0.1) is 0 Å². The minimum atomic E-state index is -3.33. The summed E-state index contributed by atoms with van der Waals surface area (Å²) in [4.78, 5) is 13.5. The largest absolute Gasteiger partial charge is 0.330 e. The summed E-state index contributed by atoms with van der Waals surface area (Å²) >= 11 is 0. The van der Waals surface area contributed by atoms with Crippen LogP contribution in [0.15, 0.2) is 24.3 Å². The molecule has 2 N–H and O–H groups in total. The van der Waals surface area contributed by atoms with Gasteiger partial charge in [0.15, 0.2) is 9.84 Å². The van der Waals surface area contributed by atoms with Gasteiger partial charge in [0.1, 0.15) is 5.75 Å². The van der Waals surface area contributed by atoms with Crippen LogP contribution in [0.1, 0.15) is 12.0 Å². The summed E-state index contributed by atoms with van der Waals surface area (Å²) in [5.74, 6) is -0.898. The molecule has 0 fully saturated rings. The van der Waals surface area contributed by atoms with Gasteiger partial charge in [0.2, 0.25) is 5.91 Å². The van der Waals surface area contributed by atoms with Gasteiger partial charge in [0, 0.05) is 18.5 Å². The average molecular weight is 284 g/mol. The van der Waals surface area contributed by atoms with Gasteiger partial charge in [-0.05, 0) is 32.0 Å². The van der Waals surface area contributed by atoms with Crippen LogP contribution in [0.2, 0.25) is 0 Å². The van der Waals surface area contributed by atoms with E-state index in [0.29, 0.717) is 25.2 Å². The molecule has 0 radical (unpaired) electrons. The highest BCUT2D eigenvalue weighted by molar-refractivity contribution is 7.91. The maximum absolute atomic E-state index is 12.1. The molecule has 6 heteroatoms. The Morgan fingerprint density at radius 3 is 2.32 bits per heavy atom. The van der Waals surface area contributed by atoms with E-state index in [2.05, 4.69) is 0 Å². The van der Waals surface area contributed by atoms with Crippen molar-refractivity contribution >= 4 is 21.4 Å². The summed E-state index contributed by atoms with van der Waals surface area (Å²) in [5.41, 5.74) is 7.23. The first-order chi connectivity index (χ1) is 8.83. The number of anilines is 1. The van der Waals surface area contributed by atoms with Crippen LogP contribution in [0.3, 0.4) is 0 Å². The minimum absolute atomic E-state index is 0.417. The molecular formula is C13H20N2O3S. The number of aryl methyl sites for hydroxylation is 1. The molecule has 106 valence electrons. The molecule has 1 amide bonds. The summed E-state index contributed by atoms with van der Waals surface area (Å²) in [6.45, 7) is 2.83. The van der Waals surface area contributed by atoms with Crippen molar-refractivity contribution in [2.24, 2.45) is 5.73 Å². The number of hydrogen-bond acceptors (Lipinski definition) is 4. The highest BCUT2D eigenvalue weighted by atomic mass is 32.2. The van der Waals surface area contributed by atoms with Crippen molar-refractivity contribution in [3.05, 3.63) is 29.8 Å². The molecule has 0 aliphatic rings. The molecule has 0 aromatic heterocycles. The van der Waals surface area contributed by atoms with E-state index < -0.39 is 21.5 Å². The van der Waals surface area contributed by atoms with Gasteiger partial charge in [-0.1, -0.05) is 17.7 Å². The van der Waals surface area contributed by atoms with E-state index in [-0.39, 0.29) is 0 Å². The molecule has 1 aromatic rings. The van der Waals surface area contributed by atoms with Crippen LogP contribution >= 0.6 is 0 Å². The second-order valence-electron chi connectivity index (χ2n) is 4.59. The Labute approximate surface area is 114 Å². The molecule has 1 rings (SSSR count). The monoisotopic (exact) mass is 284 g/mol. The first kappa shape index (κ1) is 15.7. The molecule has 0 aliphatic heterocycles. The SMILES string of the molecule is Cc1ccc(N(CCCN)C(=O)CS(C)(=O)=O)cc1. The van der Waals surface area contributed by atoms with Gasteiger partial charge in [-0.3, -0.25) is 4.79 Å². The summed E-state index contributed by atoms with van der Waals surface area (Å²) in [6.07, 6.45) is 1.69. The molecule has 0 saturated heterocycles. The molecule has 5 nitrogen and oxygen atoms in total. The maximum atomic E-state index is 12.1. The second-order valence-corrected chi connectivity index (χ2v) is 6.73. The zero-order valence-electron chi connectivity index (χ0n) is 11.3. The van der Waals surface area contributed by atoms with Crippen molar-refractivity contribution in [2.45, 2.75) is 13.3 Å². The van der Waals surface area contributed by atoms with Crippen molar-refractivity contribution in [3.63, 3.8) is 0 Å². The van der Waals surface area contributed by atoms with E-state index >= 15 is 0 Å². The van der Waals surface area contributed by atoms with Crippen LogP contribution in [-0.4, -0.2) is 39.4 Å². The van der Waals surface area contributed by atoms with E-state index in [1.807, 2.05) is 31.2 Å². The fraction of sp³-hybridized carbons (Fsp3) is 0.462. The highest BCUT2D eigenvalue weighted by Gasteiger charge is 2.19. The summed E-state index contributed by atoms with van der Waals surface area (Å²) < 4.78 is 22.5. The Hall–Kier alpha value is -1.40. The van der Waals surface area contributed by atoms with E-state index in [4.69, 9.17) is 5.73 Å². The third-order valence-electron chi connectivity index (χ3n) is 2.62. The zero-order valence-corrected chi connectivity index (χ0v) is 12.1. The van der Waals surface area contributed by atoms with Crippen LogP contribution in [-0.2, 0) is 14.6 Å². The topological polar surface area (TPSA) is 80.5 Å². The van der Waals surface area contributed by atoms with Gasteiger partial charge in [0.05, 0.1) is 0 Å². The van der Waals surface area contributed by atoms with Gasteiger partial charge < -0.3 is 10.6 Å². The number of rotatable bonds is 6. The lowest BCUT2D eigenvalue weighted by Gasteiger charge is -2.22. The van der Waals surface area contributed by atoms with Crippen molar-refractivity contribution in [1.29, 1.82) is 0 Å². The Balaban J connectivity index is 2.94. The smallest absolute Gasteiger partial charge is 0.242 e. The lowest BCUT2D eigenvalue weighted by atomic mass is 10.2. The Morgan fingerprint density at radius 1 is 1.26 bits per heavy atom. The first-order valence-electron chi connectivity index (χ1n) is 6.08. The number of sulfone groups is 1. The van der Waals surface area contributed by atoms with Crippen molar-refractivity contribution in [2.75, 3.05) is 30.0 Å². The molecule has 0 atom stereocenters. The number of benzene rings is 1. The molecule has 19 heavy (non-hydrogen) atoms. The molecule has 1 aromatic carbocycles. The maximum Gasteiger partial charge on any atom is 0.242 e. The fourth-order valence-corrected chi connectivity index (χ4v) is 2.28. The summed E-state index contributed by atoms with van der Waals surface area (Å²) in [7, 11) is -3.33. The number of carbonyl (C=O) groups is 1. The van der Waals surface area contributed by atoms with Crippen LogP contribution < -0.4 is 10.6 Å². The first-order valence-corrected chi connectivity index (χ1v) is 8.14. The number of carbonyl (C=O) groups excluding carboxylic acids is 1. The molecule has 0 heterocycles. The predicted molar refractivity (Wildman–Crippen MR) is 76.9 cm³/mol. The number of hydrogen-bond donors (Lipinski definition) is 1. The number of amides is 1.